The Balaban J connectivity index is 2.12. The molecule has 0 aromatic heterocycles. The summed E-state index contributed by atoms with van der Waals surface area (Å²) in [6.45, 7) is 0.495. The van der Waals surface area contributed by atoms with Crippen LogP contribution in [0.1, 0.15) is 24.8 Å². The predicted octanol–water partition coefficient (Wildman–Crippen LogP) is 2.68. The van der Waals surface area contributed by atoms with Crippen molar-refractivity contribution in [1.82, 2.24) is 0 Å². The fourth-order valence-electron chi connectivity index (χ4n) is 1.72. The van der Waals surface area contributed by atoms with Crippen molar-refractivity contribution in [3.05, 3.63) is 29.3 Å². The lowest BCUT2D eigenvalue weighted by Crippen LogP contribution is -2.05. The van der Waals surface area contributed by atoms with Crippen molar-refractivity contribution >= 4 is 0 Å². The van der Waals surface area contributed by atoms with E-state index in [1.54, 1.807) is 0 Å². The molecular weight excluding hydrogens is 226 g/mol. The lowest BCUT2D eigenvalue weighted by Gasteiger charge is -2.12. The van der Waals surface area contributed by atoms with Crippen LogP contribution in [0.15, 0.2) is 12.1 Å². The van der Waals surface area contributed by atoms with E-state index in [9.17, 15) is 8.78 Å². The number of halogens is 2. The molecule has 4 heteroatoms. The first kappa shape index (κ1) is 12.3. The largest absolute Gasteiger partial charge is 0.490 e. The molecule has 0 heterocycles. The Kier molecular flexibility index (Phi) is 3.94. The number of rotatable bonds is 6. The first-order valence-electron chi connectivity index (χ1n) is 5.92. The van der Waals surface area contributed by atoms with Crippen LogP contribution in [0.4, 0.5) is 8.78 Å². The summed E-state index contributed by atoms with van der Waals surface area (Å²) in [6, 6.07) is 2.12. The zero-order valence-electron chi connectivity index (χ0n) is 9.59. The summed E-state index contributed by atoms with van der Waals surface area (Å²) >= 11 is 0. The molecule has 1 aromatic carbocycles. The van der Waals surface area contributed by atoms with Gasteiger partial charge >= 0.3 is 0 Å². The predicted molar refractivity (Wildman–Crippen MR) is 60.0 cm³/mol. The number of aliphatic hydroxyl groups is 1. The van der Waals surface area contributed by atoms with Crippen molar-refractivity contribution < 1.29 is 18.6 Å². The summed E-state index contributed by atoms with van der Waals surface area (Å²) in [6.07, 6.45) is 3.14. The maximum Gasteiger partial charge on any atom is 0.168 e. The van der Waals surface area contributed by atoms with Gasteiger partial charge in [-0.3, -0.25) is 0 Å². The molecule has 1 aliphatic rings. The number of benzene rings is 1. The molecule has 0 aliphatic heterocycles. The maximum atomic E-state index is 13.6. The molecular formula is C13H16F2O2. The van der Waals surface area contributed by atoms with Crippen molar-refractivity contribution in [2.24, 2.45) is 5.92 Å². The highest BCUT2D eigenvalue weighted by atomic mass is 19.1. The van der Waals surface area contributed by atoms with E-state index >= 15 is 0 Å². The first-order valence-corrected chi connectivity index (χ1v) is 5.92. The van der Waals surface area contributed by atoms with Gasteiger partial charge in [-0.25, -0.2) is 8.78 Å². The second-order valence-corrected chi connectivity index (χ2v) is 4.46. The highest BCUT2D eigenvalue weighted by Crippen LogP contribution is 2.32. The van der Waals surface area contributed by atoms with Crippen molar-refractivity contribution in [3.63, 3.8) is 0 Å². The summed E-state index contributed by atoms with van der Waals surface area (Å²) in [5, 5.41) is 8.76. The molecule has 1 N–H and O–H groups in total. The van der Waals surface area contributed by atoms with Crippen molar-refractivity contribution in [3.8, 4) is 5.75 Å². The van der Waals surface area contributed by atoms with E-state index in [0.717, 1.165) is 18.9 Å². The summed E-state index contributed by atoms with van der Waals surface area (Å²) in [7, 11) is 0. The summed E-state index contributed by atoms with van der Waals surface area (Å²) in [4.78, 5) is 0. The van der Waals surface area contributed by atoms with Crippen LogP contribution in [0, 0.1) is 17.6 Å². The zero-order chi connectivity index (χ0) is 12.3. The number of hydrogen-bond donors (Lipinski definition) is 1. The molecule has 0 radical (unpaired) electrons. The highest BCUT2D eigenvalue weighted by molar-refractivity contribution is 5.35. The average molecular weight is 242 g/mol. The lowest BCUT2D eigenvalue weighted by molar-refractivity contribution is 0.274. The second kappa shape index (κ2) is 5.45. The Bertz CT molecular complexity index is 389. The van der Waals surface area contributed by atoms with Crippen LogP contribution >= 0.6 is 0 Å². The van der Waals surface area contributed by atoms with Gasteiger partial charge in [0.2, 0.25) is 0 Å². The molecule has 0 amide bonds. The SMILES string of the molecule is OCCCc1cc(F)cc(F)c1OCC1CC1. The lowest BCUT2D eigenvalue weighted by atomic mass is 10.1. The second-order valence-electron chi connectivity index (χ2n) is 4.46. The fourth-order valence-corrected chi connectivity index (χ4v) is 1.72. The van der Waals surface area contributed by atoms with E-state index in [1.165, 1.54) is 6.07 Å². The van der Waals surface area contributed by atoms with Crippen LogP contribution in [-0.2, 0) is 6.42 Å². The topological polar surface area (TPSA) is 29.5 Å². The first-order chi connectivity index (χ1) is 8.20. The minimum Gasteiger partial charge on any atom is -0.490 e. The number of ether oxygens (including phenoxy) is 1. The van der Waals surface area contributed by atoms with Crippen LogP contribution in [0.3, 0.4) is 0 Å². The van der Waals surface area contributed by atoms with E-state index in [-0.39, 0.29) is 12.4 Å². The molecule has 17 heavy (non-hydrogen) atoms. The molecule has 1 aliphatic carbocycles. The molecule has 1 saturated carbocycles. The average Bonchev–Trinajstić information content (AvgIpc) is 3.08. The smallest absolute Gasteiger partial charge is 0.168 e. The van der Waals surface area contributed by atoms with Gasteiger partial charge in [0, 0.05) is 18.2 Å². The quantitative estimate of drug-likeness (QED) is 0.831. The molecule has 1 aromatic rings. The summed E-state index contributed by atoms with van der Waals surface area (Å²) in [5.74, 6) is -0.593. The Labute approximate surface area is 99.2 Å². The third kappa shape index (κ3) is 3.40. The van der Waals surface area contributed by atoms with Gasteiger partial charge in [0.15, 0.2) is 11.6 Å². The van der Waals surface area contributed by atoms with E-state index in [1.807, 2.05) is 0 Å². The number of aryl methyl sites for hydroxylation is 1. The van der Waals surface area contributed by atoms with Crippen LogP contribution in [-0.4, -0.2) is 18.3 Å². The molecule has 0 bridgehead atoms. The van der Waals surface area contributed by atoms with Crippen LogP contribution in [0.5, 0.6) is 5.75 Å². The van der Waals surface area contributed by atoms with E-state index in [4.69, 9.17) is 9.84 Å². The summed E-state index contributed by atoms with van der Waals surface area (Å²) < 4.78 is 32.1. The molecule has 0 saturated heterocycles. The Hall–Kier alpha value is -1.16. The standard InChI is InChI=1S/C13H16F2O2/c14-11-6-10(2-1-5-16)13(12(15)7-11)17-8-9-3-4-9/h6-7,9,16H,1-5,8H2. The number of hydrogen-bond acceptors (Lipinski definition) is 2. The maximum absolute atomic E-state index is 13.6. The van der Waals surface area contributed by atoms with Gasteiger partial charge in [0.1, 0.15) is 5.82 Å². The van der Waals surface area contributed by atoms with Crippen molar-refractivity contribution in [2.75, 3.05) is 13.2 Å². The van der Waals surface area contributed by atoms with Gasteiger partial charge in [-0.1, -0.05) is 0 Å². The Morgan fingerprint density at radius 3 is 2.71 bits per heavy atom. The molecule has 1 fully saturated rings. The van der Waals surface area contributed by atoms with Gasteiger partial charge in [0.25, 0.3) is 0 Å². The van der Waals surface area contributed by atoms with Gasteiger partial charge < -0.3 is 9.84 Å². The number of aliphatic hydroxyl groups excluding tert-OH is 1. The zero-order valence-corrected chi connectivity index (χ0v) is 9.59. The normalized spacial score (nSPS) is 15.0. The van der Waals surface area contributed by atoms with Gasteiger partial charge in [-0.05, 0) is 37.7 Å². The Morgan fingerprint density at radius 2 is 2.06 bits per heavy atom. The third-order valence-corrected chi connectivity index (χ3v) is 2.85. The molecule has 0 unspecified atom stereocenters. The minimum absolute atomic E-state index is 0.000196. The van der Waals surface area contributed by atoms with Crippen LogP contribution < -0.4 is 4.74 Å². The van der Waals surface area contributed by atoms with Gasteiger partial charge in [0.05, 0.1) is 6.61 Å². The third-order valence-electron chi connectivity index (χ3n) is 2.85. The van der Waals surface area contributed by atoms with E-state index in [0.29, 0.717) is 30.9 Å². The molecule has 2 rings (SSSR count). The molecule has 0 atom stereocenters. The van der Waals surface area contributed by atoms with Crippen molar-refractivity contribution in [1.29, 1.82) is 0 Å². The monoisotopic (exact) mass is 242 g/mol. The highest BCUT2D eigenvalue weighted by Gasteiger charge is 2.23. The van der Waals surface area contributed by atoms with E-state index in [2.05, 4.69) is 0 Å². The molecule has 94 valence electrons. The minimum atomic E-state index is -0.654. The summed E-state index contributed by atoms with van der Waals surface area (Å²) in [5.41, 5.74) is 0.497. The van der Waals surface area contributed by atoms with Gasteiger partial charge in [-0.2, -0.15) is 0 Å². The van der Waals surface area contributed by atoms with E-state index < -0.39 is 11.6 Å². The molecule has 2 nitrogen and oxygen atoms in total. The van der Waals surface area contributed by atoms with Gasteiger partial charge in [-0.15, -0.1) is 0 Å². The van der Waals surface area contributed by atoms with Crippen LogP contribution in [0.2, 0.25) is 0 Å². The Morgan fingerprint density at radius 1 is 1.29 bits per heavy atom. The van der Waals surface area contributed by atoms with Crippen molar-refractivity contribution in [2.45, 2.75) is 25.7 Å². The van der Waals surface area contributed by atoms with Crippen LogP contribution in [0.25, 0.3) is 0 Å². The fraction of sp³-hybridized carbons (Fsp3) is 0.538. The molecule has 0 spiro atoms.